The van der Waals surface area contributed by atoms with Crippen LogP contribution in [0.2, 0.25) is 5.02 Å². The molecule has 0 unspecified atom stereocenters. The molecule has 18 heavy (non-hydrogen) atoms. The van der Waals surface area contributed by atoms with Crippen molar-refractivity contribution in [1.29, 1.82) is 0 Å². The van der Waals surface area contributed by atoms with Crippen molar-refractivity contribution >= 4 is 17.5 Å². The molecule has 1 atom stereocenters. The summed E-state index contributed by atoms with van der Waals surface area (Å²) in [6.07, 6.45) is 0.484. The molecule has 1 saturated heterocycles. The fourth-order valence-electron chi connectivity index (χ4n) is 1.72. The van der Waals surface area contributed by atoms with Gasteiger partial charge in [0.2, 0.25) is 0 Å². The monoisotopic (exact) mass is 273 g/mol. The van der Waals surface area contributed by atoms with E-state index in [1.54, 1.807) is 0 Å². The summed E-state index contributed by atoms with van der Waals surface area (Å²) in [5.41, 5.74) is -0.761. The van der Waals surface area contributed by atoms with Crippen molar-refractivity contribution < 1.29 is 19.0 Å². The predicted octanol–water partition coefficient (Wildman–Crippen LogP) is 1.36. The standard InChI is InChI=1S/C12H13ClFNO3/c13-9-5-8(1-2-10(9)14)11(16)15-6-12(17)3-4-18-7-12/h1-2,5,17H,3-4,6-7H2,(H,15,16)/t12-/m0/s1. The molecule has 0 bridgehead atoms. The van der Waals surface area contributed by atoms with E-state index in [1.165, 1.54) is 12.1 Å². The van der Waals surface area contributed by atoms with Crippen LogP contribution in [0.3, 0.4) is 0 Å². The third kappa shape index (κ3) is 2.98. The van der Waals surface area contributed by atoms with Crippen LogP contribution in [-0.2, 0) is 4.74 Å². The summed E-state index contributed by atoms with van der Waals surface area (Å²) in [5, 5.41) is 12.4. The minimum atomic E-state index is -1.01. The molecule has 1 fully saturated rings. The lowest BCUT2D eigenvalue weighted by atomic mass is 10.0. The maximum atomic E-state index is 12.9. The Morgan fingerprint density at radius 2 is 2.39 bits per heavy atom. The van der Waals surface area contributed by atoms with Gasteiger partial charge in [0.05, 0.1) is 11.6 Å². The van der Waals surface area contributed by atoms with Crippen molar-refractivity contribution in [2.24, 2.45) is 0 Å². The van der Waals surface area contributed by atoms with Crippen LogP contribution in [0.15, 0.2) is 18.2 Å². The summed E-state index contributed by atoms with van der Waals surface area (Å²) in [6.45, 7) is 0.785. The second-order valence-electron chi connectivity index (χ2n) is 4.34. The van der Waals surface area contributed by atoms with E-state index >= 15 is 0 Å². The Kier molecular flexibility index (Phi) is 3.85. The molecule has 1 aliphatic rings. The van der Waals surface area contributed by atoms with Gasteiger partial charge in [-0.1, -0.05) is 11.6 Å². The van der Waals surface area contributed by atoms with E-state index in [-0.39, 0.29) is 23.7 Å². The summed E-state index contributed by atoms with van der Waals surface area (Å²) in [7, 11) is 0. The van der Waals surface area contributed by atoms with Crippen molar-refractivity contribution in [2.45, 2.75) is 12.0 Å². The highest BCUT2D eigenvalue weighted by molar-refractivity contribution is 6.31. The predicted molar refractivity (Wildman–Crippen MR) is 64.1 cm³/mol. The number of amides is 1. The number of hydrogen-bond acceptors (Lipinski definition) is 3. The molecule has 6 heteroatoms. The Hall–Kier alpha value is -1.17. The number of halogens is 2. The molecule has 0 saturated carbocycles. The second-order valence-corrected chi connectivity index (χ2v) is 4.75. The van der Waals surface area contributed by atoms with Crippen LogP contribution in [0.1, 0.15) is 16.8 Å². The molecular weight excluding hydrogens is 261 g/mol. The zero-order valence-corrected chi connectivity index (χ0v) is 10.3. The molecule has 1 aliphatic heterocycles. The number of aliphatic hydroxyl groups is 1. The zero-order valence-electron chi connectivity index (χ0n) is 9.58. The fraction of sp³-hybridized carbons (Fsp3) is 0.417. The normalized spacial score (nSPS) is 23.1. The first-order chi connectivity index (χ1) is 8.50. The second kappa shape index (κ2) is 5.22. The van der Waals surface area contributed by atoms with Crippen LogP contribution in [0.25, 0.3) is 0 Å². The number of carbonyl (C=O) groups excluding carboxylic acids is 1. The quantitative estimate of drug-likeness (QED) is 0.874. The zero-order chi connectivity index (χ0) is 13.2. The van der Waals surface area contributed by atoms with Gasteiger partial charge in [0.1, 0.15) is 11.4 Å². The lowest BCUT2D eigenvalue weighted by Gasteiger charge is -2.20. The van der Waals surface area contributed by atoms with Gasteiger partial charge in [-0.05, 0) is 18.2 Å². The molecular formula is C12H13ClFNO3. The Balaban J connectivity index is 1.97. The number of nitrogens with one attached hydrogen (secondary N) is 1. The Bertz CT molecular complexity index is 461. The Labute approximate surface area is 109 Å². The number of rotatable bonds is 3. The average Bonchev–Trinajstić information content (AvgIpc) is 2.77. The molecule has 1 heterocycles. The lowest BCUT2D eigenvalue weighted by Crippen LogP contribution is -2.43. The van der Waals surface area contributed by atoms with Gasteiger partial charge in [0.25, 0.3) is 5.91 Å². The summed E-state index contributed by atoms with van der Waals surface area (Å²) >= 11 is 5.59. The summed E-state index contributed by atoms with van der Waals surface area (Å²) in [5.74, 6) is -0.978. The number of hydrogen-bond donors (Lipinski definition) is 2. The Morgan fingerprint density at radius 1 is 1.61 bits per heavy atom. The maximum Gasteiger partial charge on any atom is 0.251 e. The largest absolute Gasteiger partial charge is 0.386 e. The molecule has 2 N–H and O–H groups in total. The molecule has 0 aliphatic carbocycles. The van der Waals surface area contributed by atoms with Gasteiger partial charge in [-0.25, -0.2) is 4.39 Å². The van der Waals surface area contributed by atoms with E-state index < -0.39 is 17.3 Å². The van der Waals surface area contributed by atoms with Gasteiger partial charge in [-0.2, -0.15) is 0 Å². The van der Waals surface area contributed by atoms with E-state index in [1.807, 2.05) is 0 Å². The molecule has 4 nitrogen and oxygen atoms in total. The van der Waals surface area contributed by atoms with Gasteiger partial charge < -0.3 is 15.2 Å². The first kappa shape index (κ1) is 13.3. The van der Waals surface area contributed by atoms with Crippen molar-refractivity contribution in [1.82, 2.24) is 5.32 Å². The van der Waals surface area contributed by atoms with Crippen molar-refractivity contribution in [2.75, 3.05) is 19.8 Å². The van der Waals surface area contributed by atoms with Crippen molar-refractivity contribution in [3.05, 3.63) is 34.6 Å². The molecule has 0 radical (unpaired) electrons. The SMILES string of the molecule is O=C(NC[C@@]1(O)CCOC1)c1ccc(F)c(Cl)c1. The summed E-state index contributed by atoms with van der Waals surface area (Å²) in [6, 6.07) is 3.72. The minimum Gasteiger partial charge on any atom is -0.386 e. The number of carbonyl (C=O) groups is 1. The maximum absolute atomic E-state index is 12.9. The first-order valence-electron chi connectivity index (χ1n) is 5.54. The van der Waals surface area contributed by atoms with Crippen LogP contribution >= 0.6 is 11.6 Å². The minimum absolute atomic E-state index is 0.0980. The van der Waals surface area contributed by atoms with Crippen molar-refractivity contribution in [3.8, 4) is 0 Å². The third-order valence-corrected chi connectivity index (χ3v) is 3.13. The third-order valence-electron chi connectivity index (χ3n) is 2.84. The van der Waals surface area contributed by atoms with E-state index in [2.05, 4.69) is 5.32 Å². The van der Waals surface area contributed by atoms with Crippen LogP contribution in [-0.4, -0.2) is 36.4 Å². The van der Waals surface area contributed by atoms with Crippen LogP contribution in [0.4, 0.5) is 4.39 Å². The average molecular weight is 274 g/mol. The number of ether oxygens (including phenoxy) is 1. The number of benzene rings is 1. The van der Waals surface area contributed by atoms with Crippen LogP contribution in [0.5, 0.6) is 0 Å². The molecule has 1 amide bonds. The van der Waals surface area contributed by atoms with Gasteiger partial charge in [-0.3, -0.25) is 4.79 Å². The van der Waals surface area contributed by atoms with E-state index in [0.717, 1.165) is 6.07 Å². The van der Waals surface area contributed by atoms with Crippen LogP contribution in [0, 0.1) is 5.82 Å². The first-order valence-corrected chi connectivity index (χ1v) is 5.91. The molecule has 2 rings (SSSR count). The topological polar surface area (TPSA) is 58.6 Å². The smallest absolute Gasteiger partial charge is 0.251 e. The van der Waals surface area contributed by atoms with Crippen molar-refractivity contribution in [3.63, 3.8) is 0 Å². The highest BCUT2D eigenvalue weighted by Crippen LogP contribution is 2.18. The molecule has 0 aromatic heterocycles. The van der Waals surface area contributed by atoms with E-state index in [4.69, 9.17) is 16.3 Å². The van der Waals surface area contributed by atoms with Gasteiger partial charge in [0.15, 0.2) is 0 Å². The molecule has 1 aromatic carbocycles. The summed E-state index contributed by atoms with van der Waals surface area (Å²) in [4.78, 5) is 11.8. The van der Waals surface area contributed by atoms with Gasteiger partial charge >= 0.3 is 0 Å². The van der Waals surface area contributed by atoms with Crippen LogP contribution < -0.4 is 5.32 Å². The molecule has 0 spiro atoms. The highest BCUT2D eigenvalue weighted by atomic mass is 35.5. The molecule has 98 valence electrons. The van der Waals surface area contributed by atoms with E-state index in [0.29, 0.717) is 13.0 Å². The van der Waals surface area contributed by atoms with Gasteiger partial charge in [-0.15, -0.1) is 0 Å². The Morgan fingerprint density at radius 3 is 3.00 bits per heavy atom. The van der Waals surface area contributed by atoms with E-state index in [9.17, 15) is 14.3 Å². The lowest BCUT2D eigenvalue weighted by molar-refractivity contribution is 0.0264. The van der Waals surface area contributed by atoms with Gasteiger partial charge in [0, 0.05) is 25.1 Å². The summed E-state index contributed by atoms with van der Waals surface area (Å²) < 4.78 is 18.0. The molecule has 1 aromatic rings. The highest BCUT2D eigenvalue weighted by Gasteiger charge is 2.32. The fourth-order valence-corrected chi connectivity index (χ4v) is 1.90.